The van der Waals surface area contributed by atoms with Crippen molar-refractivity contribution < 1.29 is 27.5 Å². The third-order valence-electron chi connectivity index (χ3n) is 6.38. The lowest BCUT2D eigenvalue weighted by Gasteiger charge is -2.25. The highest BCUT2D eigenvalue weighted by atomic mass is 35.5. The van der Waals surface area contributed by atoms with Gasteiger partial charge in [-0.3, -0.25) is 14.5 Å². The van der Waals surface area contributed by atoms with Gasteiger partial charge in [0.1, 0.15) is 0 Å². The maximum Gasteiger partial charge on any atom is 0.416 e. The largest absolute Gasteiger partial charge is 0.416 e. The fourth-order valence-electron chi connectivity index (χ4n) is 4.60. The lowest BCUT2D eigenvalue weighted by molar-refractivity contribution is -0.138. The van der Waals surface area contributed by atoms with Gasteiger partial charge >= 0.3 is 6.18 Å². The second-order valence-corrected chi connectivity index (χ2v) is 10.4. The number of thioether (sulfide) groups is 1. The first-order valence-corrected chi connectivity index (χ1v) is 12.7. The second kappa shape index (κ2) is 9.95. The van der Waals surface area contributed by atoms with Crippen molar-refractivity contribution in [1.82, 2.24) is 9.47 Å². The number of halogens is 4. The van der Waals surface area contributed by atoms with E-state index in [1.165, 1.54) is 17.0 Å². The quantitative estimate of drug-likeness (QED) is 0.337. The molecule has 0 N–H and O–H groups in total. The van der Waals surface area contributed by atoms with Crippen molar-refractivity contribution in [3.63, 3.8) is 0 Å². The first kappa shape index (κ1) is 24.9. The molecular weight excluding hydrogens is 513 g/mol. The first-order valence-electron chi connectivity index (χ1n) is 11.5. The molecule has 1 atom stereocenters. The lowest BCUT2D eigenvalue weighted by Crippen LogP contribution is -2.36. The van der Waals surface area contributed by atoms with E-state index >= 15 is 0 Å². The zero-order valence-corrected chi connectivity index (χ0v) is 20.6. The van der Waals surface area contributed by atoms with Gasteiger partial charge in [-0.2, -0.15) is 13.2 Å². The molecule has 0 spiro atoms. The number of nitrogens with zero attached hydrogens (tertiary/aromatic N) is 2. The van der Waals surface area contributed by atoms with Crippen molar-refractivity contribution >= 4 is 51.5 Å². The molecule has 2 amide bonds. The number of imide groups is 1. The van der Waals surface area contributed by atoms with E-state index in [0.717, 1.165) is 47.1 Å². The number of ether oxygens (including phenoxy) is 1. The van der Waals surface area contributed by atoms with Gasteiger partial charge < -0.3 is 9.30 Å². The van der Waals surface area contributed by atoms with Crippen LogP contribution in [0.5, 0.6) is 0 Å². The van der Waals surface area contributed by atoms with Gasteiger partial charge in [0.2, 0.25) is 0 Å². The molecular formula is C26H22ClF3N2O3S. The van der Waals surface area contributed by atoms with Crippen molar-refractivity contribution in [2.24, 2.45) is 5.92 Å². The summed E-state index contributed by atoms with van der Waals surface area (Å²) in [4.78, 5) is 27.0. The summed E-state index contributed by atoms with van der Waals surface area (Å²) in [5, 5.41) is 0.557. The molecule has 36 heavy (non-hydrogen) atoms. The molecule has 3 heterocycles. The van der Waals surface area contributed by atoms with E-state index in [0.29, 0.717) is 24.7 Å². The van der Waals surface area contributed by atoms with Crippen molar-refractivity contribution in [2.45, 2.75) is 25.6 Å². The van der Waals surface area contributed by atoms with E-state index in [2.05, 4.69) is 0 Å². The molecule has 10 heteroatoms. The smallest absolute Gasteiger partial charge is 0.381 e. The zero-order chi connectivity index (χ0) is 25.4. The van der Waals surface area contributed by atoms with Crippen LogP contribution in [0.3, 0.4) is 0 Å². The molecule has 5 nitrogen and oxygen atoms in total. The Morgan fingerprint density at radius 2 is 1.97 bits per heavy atom. The fourth-order valence-corrected chi connectivity index (χ4v) is 5.62. The molecule has 0 saturated carbocycles. The van der Waals surface area contributed by atoms with Crippen LogP contribution in [-0.4, -0.2) is 40.4 Å². The molecule has 3 aromatic rings. The number of amides is 2. The topological polar surface area (TPSA) is 51.5 Å². The van der Waals surface area contributed by atoms with Crippen LogP contribution in [0.1, 0.15) is 29.5 Å². The van der Waals surface area contributed by atoms with E-state index in [1.54, 1.807) is 29.0 Å². The van der Waals surface area contributed by atoms with Gasteiger partial charge in [-0.25, -0.2) is 0 Å². The van der Waals surface area contributed by atoms with Crippen molar-refractivity contribution in [2.75, 3.05) is 19.8 Å². The Bertz CT molecular complexity index is 1360. The van der Waals surface area contributed by atoms with Crippen molar-refractivity contribution in [1.29, 1.82) is 0 Å². The Morgan fingerprint density at radius 1 is 1.14 bits per heavy atom. The average Bonchev–Trinajstić information content (AvgIpc) is 3.35. The lowest BCUT2D eigenvalue weighted by atomic mass is 10.0. The number of carbonyl (C=O) groups is 2. The van der Waals surface area contributed by atoms with Gasteiger partial charge in [-0.1, -0.05) is 23.7 Å². The van der Waals surface area contributed by atoms with Gasteiger partial charge in [0.15, 0.2) is 0 Å². The van der Waals surface area contributed by atoms with Gasteiger partial charge in [0.05, 0.1) is 17.1 Å². The molecule has 2 saturated heterocycles. The summed E-state index contributed by atoms with van der Waals surface area (Å²) < 4.78 is 47.7. The number of aromatic nitrogens is 1. The highest BCUT2D eigenvalue weighted by molar-refractivity contribution is 8.18. The maximum absolute atomic E-state index is 13.5. The number of rotatable bonds is 5. The van der Waals surface area contributed by atoms with E-state index in [-0.39, 0.29) is 34.2 Å². The van der Waals surface area contributed by atoms with Crippen LogP contribution in [0, 0.1) is 5.92 Å². The molecule has 2 aromatic carbocycles. The molecule has 188 valence electrons. The third-order valence-corrected chi connectivity index (χ3v) is 7.52. The Kier molecular flexibility index (Phi) is 6.89. The summed E-state index contributed by atoms with van der Waals surface area (Å²) in [5.74, 6) is -0.156. The molecule has 2 fully saturated rings. The average molecular weight is 535 g/mol. The van der Waals surface area contributed by atoms with Crippen molar-refractivity contribution in [3.8, 4) is 0 Å². The summed E-state index contributed by atoms with van der Waals surface area (Å²) in [6.07, 6.45) is 0.744. The fraction of sp³-hybridized carbons (Fsp3) is 0.308. The summed E-state index contributed by atoms with van der Waals surface area (Å²) in [5.41, 5.74) is 0.837. The Labute approximate surface area is 214 Å². The van der Waals surface area contributed by atoms with Crippen LogP contribution in [0.4, 0.5) is 18.0 Å². The van der Waals surface area contributed by atoms with Crippen LogP contribution in [0.2, 0.25) is 5.02 Å². The predicted octanol–water partition coefficient (Wildman–Crippen LogP) is 6.82. The molecule has 2 aliphatic rings. The standard InChI is InChI=1S/C26H22ClF3N2O3S/c27-20-5-4-19(21(12-20)26(28,29)30)14-31-8-7-18-10-16(3-6-22(18)31)11-23-24(33)32(25(34)36-23)13-17-2-1-9-35-15-17/h3-8,10-12,17H,1-2,9,13-15H2/b23-11-/t17-/m0/s1. The van der Waals surface area contributed by atoms with E-state index in [9.17, 15) is 22.8 Å². The van der Waals surface area contributed by atoms with E-state index in [4.69, 9.17) is 16.3 Å². The molecule has 0 aliphatic carbocycles. The number of hydrogen-bond acceptors (Lipinski definition) is 4. The van der Waals surface area contributed by atoms with Crippen LogP contribution >= 0.6 is 23.4 Å². The first-order chi connectivity index (χ1) is 17.2. The van der Waals surface area contributed by atoms with Gasteiger partial charge in [0, 0.05) is 47.7 Å². The van der Waals surface area contributed by atoms with Crippen LogP contribution in [0.25, 0.3) is 17.0 Å². The minimum absolute atomic E-state index is 0.0264. The molecule has 5 rings (SSSR count). The summed E-state index contributed by atoms with van der Waals surface area (Å²) in [6, 6.07) is 11.0. The van der Waals surface area contributed by atoms with Crippen molar-refractivity contribution in [3.05, 3.63) is 75.3 Å². The minimum atomic E-state index is -4.51. The maximum atomic E-state index is 13.5. The second-order valence-electron chi connectivity index (χ2n) is 8.94. The summed E-state index contributed by atoms with van der Waals surface area (Å²) in [7, 11) is 0. The van der Waals surface area contributed by atoms with Gasteiger partial charge in [-0.15, -0.1) is 0 Å². The molecule has 1 aromatic heterocycles. The molecule has 2 aliphatic heterocycles. The predicted molar refractivity (Wildman–Crippen MR) is 134 cm³/mol. The SMILES string of the molecule is O=C1S/C(=C\c2ccc3c(ccn3Cc3ccc(Cl)cc3C(F)(F)F)c2)C(=O)N1C[C@@H]1CCCOC1. The molecule has 0 radical (unpaired) electrons. The summed E-state index contributed by atoms with van der Waals surface area (Å²) in [6.45, 7) is 1.65. The van der Waals surface area contributed by atoms with Gasteiger partial charge in [0.25, 0.3) is 11.1 Å². The Hall–Kier alpha value is -2.75. The minimum Gasteiger partial charge on any atom is -0.381 e. The van der Waals surface area contributed by atoms with Gasteiger partial charge in [-0.05, 0) is 72.1 Å². The van der Waals surface area contributed by atoms with E-state index in [1.807, 2.05) is 12.1 Å². The monoisotopic (exact) mass is 534 g/mol. The number of fused-ring (bicyclic) bond motifs is 1. The zero-order valence-electron chi connectivity index (χ0n) is 19.1. The third kappa shape index (κ3) is 5.19. The number of benzene rings is 2. The number of hydrogen-bond donors (Lipinski definition) is 0. The Balaban J connectivity index is 1.36. The summed E-state index contributed by atoms with van der Waals surface area (Å²) >= 11 is 6.71. The van der Waals surface area contributed by atoms with E-state index < -0.39 is 11.7 Å². The van der Waals surface area contributed by atoms with Crippen LogP contribution in [-0.2, 0) is 22.3 Å². The highest BCUT2D eigenvalue weighted by Crippen LogP contribution is 2.36. The van der Waals surface area contributed by atoms with Crippen LogP contribution < -0.4 is 0 Å². The molecule has 0 bridgehead atoms. The Morgan fingerprint density at radius 3 is 2.72 bits per heavy atom. The highest BCUT2D eigenvalue weighted by Gasteiger charge is 2.37. The number of alkyl halides is 3. The normalized spacial score (nSPS) is 20.2. The number of carbonyl (C=O) groups excluding carboxylic acids is 2. The van der Waals surface area contributed by atoms with Crippen LogP contribution in [0.15, 0.2) is 53.6 Å². The molecule has 0 unspecified atom stereocenters.